The maximum Gasteiger partial charge on any atom is 0.193 e. The number of hydrogen-bond donors (Lipinski definition) is 2. The minimum Gasteiger partial charge on any atom is -0.389 e. The monoisotopic (exact) mass is 239 g/mol. The van der Waals surface area contributed by atoms with Gasteiger partial charge in [0.15, 0.2) is 4.96 Å². The molecule has 2 rings (SSSR count). The van der Waals surface area contributed by atoms with Gasteiger partial charge in [0.05, 0.1) is 17.5 Å². The van der Waals surface area contributed by atoms with Gasteiger partial charge in [0.2, 0.25) is 0 Å². The van der Waals surface area contributed by atoms with E-state index in [4.69, 9.17) is 0 Å². The van der Waals surface area contributed by atoms with Gasteiger partial charge in [0.1, 0.15) is 0 Å². The molecule has 2 aromatic rings. The minimum absolute atomic E-state index is 0.177. The highest BCUT2D eigenvalue weighted by molar-refractivity contribution is 7.15. The third-order valence-corrected chi connectivity index (χ3v) is 3.23. The van der Waals surface area contributed by atoms with Gasteiger partial charge in [-0.05, 0) is 20.8 Å². The molecular formula is C11H17N3OS. The summed E-state index contributed by atoms with van der Waals surface area (Å²) in [4.78, 5) is 5.33. The predicted molar refractivity (Wildman–Crippen MR) is 65.8 cm³/mol. The molecule has 4 nitrogen and oxygen atoms in total. The number of thiazole rings is 1. The molecule has 0 spiro atoms. The van der Waals surface area contributed by atoms with Gasteiger partial charge < -0.3 is 10.4 Å². The van der Waals surface area contributed by atoms with E-state index in [1.165, 1.54) is 0 Å². The topological polar surface area (TPSA) is 49.6 Å². The van der Waals surface area contributed by atoms with Crippen LogP contribution in [0.25, 0.3) is 4.96 Å². The first-order valence-corrected chi connectivity index (χ1v) is 6.21. The Morgan fingerprint density at radius 1 is 1.62 bits per heavy atom. The van der Waals surface area contributed by atoms with E-state index >= 15 is 0 Å². The fourth-order valence-electron chi connectivity index (χ4n) is 1.57. The quantitative estimate of drug-likeness (QED) is 0.855. The Morgan fingerprint density at radius 3 is 3.06 bits per heavy atom. The summed E-state index contributed by atoms with van der Waals surface area (Å²) in [7, 11) is 0. The number of nitrogens with one attached hydrogen (secondary N) is 1. The fraction of sp³-hybridized carbons (Fsp3) is 0.545. The molecule has 0 aliphatic carbocycles. The Hall–Kier alpha value is -0.910. The average Bonchev–Trinajstić information content (AvgIpc) is 2.73. The van der Waals surface area contributed by atoms with Crippen LogP contribution in [0.3, 0.4) is 0 Å². The standard InChI is InChI=1S/C11H17N3OS/c1-8(13-7-11(2,3)15)9-6-12-10-14(9)4-5-16-10/h4-6,8,13,15H,7H2,1-3H3. The molecule has 0 radical (unpaired) electrons. The maximum absolute atomic E-state index is 9.65. The lowest BCUT2D eigenvalue weighted by Crippen LogP contribution is -2.36. The second kappa shape index (κ2) is 4.16. The molecule has 0 bridgehead atoms. The normalized spacial score (nSPS) is 14.5. The van der Waals surface area contributed by atoms with Crippen molar-refractivity contribution in [3.8, 4) is 0 Å². The first-order chi connectivity index (χ1) is 7.47. The molecule has 0 aliphatic heterocycles. The molecule has 2 N–H and O–H groups in total. The third kappa shape index (κ3) is 2.42. The molecule has 1 unspecified atom stereocenters. The Balaban J connectivity index is 2.10. The van der Waals surface area contributed by atoms with Crippen LogP contribution in [0.4, 0.5) is 0 Å². The zero-order valence-corrected chi connectivity index (χ0v) is 10.6. The first kappa shape index (κ1) is 11.6. The van der Waals surface area contributed by atoms with Crippen LogP contribution in [-0.2, 0) is 0 Å². The largest absolute Gasteiger partial charge is 0.389 e. The summed E-state index contributed by atoms with van der Waals surface area (Å²) in [5, 5.41) is 15.0. The summed E-state index contributed by atoms with van der Waals surface area (Å²) < 4.78 is 2.08. The van der Waals surface area contributed by atoms with Crippen LogP contribution in [0.1, 0.15) is 32.5 Å². The highest BCUT2D eigenvalue weighted by Gasteiger charge is 2.16. The predicted octanol–water partition coefficient (Wildman–Crippen LogP) is 1.82. The van der Waals surface area contributed by atoms with Crippen LogP contribution >= 0.6 is 11.3 Å². The summed E-state index contributed by atoms with van der Waals surface area (Å²) in [6.07, 6.45) is 3.90. The van der Waals surface area contributed by atoms with E-state index in [-0.39, 0.29) is 6.04 Å². The number of rotatable bonds is 4. The molecule has 88 valence electrons. The van der Waals surface area contributed by atoms with E-state index in [2.05, 4.69) is 21.6 Å². The zero-order valence-electron chi connectivity index (χ0n) is 9.77. The molecular weight excluding hydrogens is 222 g/mol. The average molecular weight is 239 g/mol. The Morgan fingerprint density at radius 2 is 2.38 bits per heavy atom. The van der Waals surface area contributed by atoms with Crippen LogP contribution in [0.15, 0.2) is 17.8 Å². The van der Waals surface area contributed by atoms with Crippen molar-refractivity contribution in [2.75, 3.05) is 6.54 Å². The fourth-order valence-corrected chi connectivity index (χ4v) is 2.27. The second-order valence-corrected chi connectivity index (χ2v) is 5.53. The van der Waals surface area contributed by atoms with E-state index in [1.54, 1.807) is 25.2 Å². The summed E-state index contributed by atoms with van der Waals surface area (Å²) >= 11 is 1.62. The van der Waals surface area contributed by atoms with Crippen LogP contribution in [0, 0.1) is 0 Å². The van der Waals surface area contributed by atoms with Gasteiger partial charge >= 0.3 is 0 Å². The number of aromatic nitrogens is 2. The lowest BCUT2D eigenvalue weighted by atomic mass is 10.1. The number of fused-ring (bicyclic) bond motifs is 1. The van der Waals surface area contributed by atoms with E-state index < -0.39 is 5.60 Å². The number of imidazole rings is 1. The SMILES string of the molecule is CC(NCC(C)(C)O)c1cnc2sccn12. The lowest BCUT2D eigenvalue weighted by molar-refractivity contribution is 0.0768. The van der Waals surface area contributed by atoms with Crippen molar-refractivity contribution < 1.29 is 5.11 Å². The first-order valence-electron chi connectivity index (χ1n) is 5.33. The highest BCUT2D eigenvalue weighted by atomic mass is 32.1. The van der Waals surface area contributed by atoms with Crippen molar-refractivity contribution in [2.24, 2.45) is 0 Å². The highest BCUT2D eigenvalue weighted by Crippen LogP contribution is 2.18. The van der Waals surface area contributed by atoms with E-state index in [0.29, 0.717) is 6.54 Å². The Kier molecular flexibility index (Phi) is 3.01. The Labute approximate surface area is 98.9 Å². The van der Waals surface area contributed by atoms with Crippen molar-refractivity contribution >= 4 is 16.3 Å². The number of nitrogens with zero attached hydrogens (tertiary/aromatic N) is 2. The second-order valence-electron chi connectivity index (χ2n) is 4.65. The zero-order chi connectivity index (χ0) is 11.8. The molecule has 0 aliphatic rings. The minimum atomic E-state index is -0.688. The van der Waals surface area contributed by atoms with Crippen molar-refractivity contribution in [3.05, 3.63) is 23.5 Å². The maximum atomic E-state index is 9.65. The molecule has 0 saturated heterocycles. The lowest BCUT2D eigenvalue weighted by Gasteiger charge is -2.21. The van der Waals surface area contributed by atoms with Crippen molar-refractivity contribution in [3.63, 3.8) is 0 Å². The summed E-state index contributed by atoms with van der Waals surface area (Å²) in [6.45, 7) is 6.23. The molecule has 2 heterocycles. The molecule has 0 fully saturated rings. The van der Waals surface area contributed by atoms with Gasteiger partial charge in [-0.25, -0.2) is 4.98 Å². The van der Waals surface area contributed by atoms with E-state index in [9.17, 15) is 5.11 Å². The molecule has 5 heteroatoms. The summed E-state index contributed by atoms with van der Waals surface area (Å²) in [5.74, 6) is 0. The van der Waals surface area contributed by atoms with Crippen LogP contribution < -0.4 is 5.32 Å². The van der Waals surface area contributed by atoms with Gasteiger partial charge in [-0.3, -0.25) is 4.40 Å². The van der Waals surface area contributed by atoms with E-state index in [0.717, 1.165) is 10.7 Å². The number of aliphatic hydroxyl groups is 1. The molecule has 0 amide bonds. The van der Waals surface area contributed by atoms with Gasteiger partial charge in [0.25, 0.3) is 0 Å². The van der Waals surface area contributed by atoms with Gasteiger partial charge in [-0.1, -0.05) is 0 Å². The molecule has 1 atom stereocenters. The van der Waals surface area contributed by atoms with Gasteiger partial charge in [-0.2, -0.15) is 0 Å². The van der Waals surface area contributed by atoms with Crippen LogP contribution in [-0.4, -0.2) is 26.6 Å². The summed E-state index contributed by atoms with van der Waals surface area (Å²) in [6, 6.07) is 0.177. The molecule has 0 aromatic carbocycles. The van der Waals surface area contributed by atoms with Crippen molar-refractivity contribution in [1.29, 1.82) is 0 Å². The molecule has 2 aromatic heterocycles. The Bertz CT molecular complexity index is 469. The van der Waals surface area contributed by atoms with E-state index in [1.807, 2.05) is 17.8 Å². The molecule has 16 heavy (non-hydrogen) atoms. The van der Waals surface area contributed by atoms with Gasteiger partial charge in [-0.15, -0.1) is 11.3 Å². The van der Waals surface area contributed by atoms with Crippen LogP contribution in [0.2, 0.25) is 0 Å². The third-order valence-electron chi connectivity index (χ3n) is 2.46. The van der Waals surface area contributed by atoms with Crippen molar-refractivity contribution in [1.82, 2.24) is 14.7 Å². The molecule has 0 saturated carbocycles. The summed E-state index contributed by atoms with van der Waals surface area (Å²) in [5.41, 5.74) is 0.438. The van der Waals surface area contributed by atoms with Crippen LogP contribution in [0.5, 0.6) is 0 Å². The number of hydrogen-bond acceptors (Lipinski definition) is 4. The smallest absolute Gasteiger partial charge is 0.193 e. The van der Waals surface area contributed by atoms with Gasteiger partial charge in [0, 0.05) is 24.2 Å². The van der Waals surface area contributed by atoms with Crippen molar-refractivity contribution in [2.45, 2.75) is 32.4 Å².